The summed E-state index contributed by atoms with van der Waals surface area (Å²) in [4.78, 5) is 23.1. The van der Waals surface area contributed by atoms with Gasteiger partial charge in [0.1, 0.15) is 0 Å². The highest BCUT2D eigenvalue weighted by Crippen LogP contribution is 2.30. The van der Waals surface area contributed by atoms with Crippen molar-refractivity contribution in [3.05, 3.63) is 35.4 Å². The number of aliphatic hydroxyl groups is 1. The molecule has 5 nitrogen and oxygen atoms in total. The molecule has 0 fully saturated rings. The van der Waals surface area contributed by atoms with Gasteiger partial charge in [0.25, 0.3) is 0 Å². The lowest BCUT2D eigenvalue weighted by atomic mass is 10.1. The number of amides is 2. The van der Waals surface area contributed by atoms with Crippen LogP contribution in [-0.4, -0.2) is 29.6 Å². The number of fused-ring (bicyclic) bond motifs is 1. The summed E-state index contributed by atoms with van der Waals surface area (Å²) in [5.41, 5.74) is 2.01. The maximum atomic E-state index is 11.8. The van der Waals surface area contributed by atoms with E-state index in [9.17, 15) is 14.7 Å². The average molecular weight is 276 g/mol. The fourth-order valence-electron chi connectivity index (χ4n) is 2.47. The molecule has 2 unspecified atom stereocenters. The summed E-state index contributed by atoms with van der Waals surface area (Å²) >= 11 is 0. The zero-order valence-electron chi connectivity index (χ0n) is 11.6. The smallest absolute Gasteiger partial charge is 0.239 e. The summed E-state index contributed by atoms with van der Waals surface area (Å²) in [5, 5.41) is 15.4. The van der Waals surface area contributed by atoms with E-state index in [2.05, 4.69) is 10.6 Å². The van der Waals surface area contributed by atoms with E-state index in [-0.39, 0.29) is 24.4 Å². The van der Waals surface area contributed by atoms with E-state index in [1.54, 1.807) is 0 Å². The number of aliphatic hydroxyl groups excluding tert-OH is 1. The molecule has 108 valence electrons. The largest absolute Gasteiger partial charge is 0.390 e. The highest BCUT2D eigenvalue weighted by atomic mass is 16.3. The van der Waals surface area contributed by atoms with Gasteiger partial charge in [-0.25, -0.2) is 0 Å². The van der Waals surface area contributed by atoms with Crippen LogP contribution in [0.15, 0.2) is 24.3 Å². The first kappa shape index (κ1) is 14.5. The Labute approximate surface area is 118 Å². The van der Waals surface area contributed by atoms with E-state index < -0.39 is 6.10 Å². The third-order valence-electron chi connectivity index (χ3n) is 3.44. The molecule has 0 saturated heterocycles. The molecule has 0 aromatic heterocycles. The minimum absolute atomic E-state index is 0.0514. The molecule has 1 aliphatic rings. The Hall–Kier alpha value is -1.88. The van der Waals surface area contributed by atoms with Crippen molar-refractivity contribution in [2.75, 3.05) is 6.54 Å². The van der Waals surface area contributed by atoms with Gasteiger partial charge in [0.05, 0.1) is 18.7 Å². The zero-order valence-corrected chi connectivity index (χ0v) is 11.6. The van der Waals surface area contributed by atoms with Crippen LogP contribution >= 0.6 is 0 Å². The SMILES string of the molecule is CCCC(=O)NCC(=O)NC1c2ccccc2CC1O. The normalized spacial score (nSPS) is 20.3. The van der Waals surface area contributed by atoms with Crippen molar-refractivity contribution in [1.29, 1.82) is 0 Å². The lowest BCUT2D eigenvalue weighted by molar-refractivity contribution is -0.126. The number of carbonyl (C=O) groups is 2. The standard InChI is InChI=1S/C15H20N2O3/c1-2-5-13(19)16-9-14(20)17-15-11-7-4-3-6-10(11)8-12(15)18/h3-4,6-7,12,15,18H,2,5,8-9H2,1H3,(H,16,19)(H,17,20). The first-order chi connectivity index (χ1) is 9.61. The predicted octanol–water partition coefficient (Wildman–Crippen LogP) is 0.677. The summed E-state index contributed by atoms with van der Waals surface area (Å²) in [5.74, 6) is -0.412. The van der Waals surface area contributed by atoms with Gasteiger partial charge in [0, 0.05) is 12.8 Å². The van der Waals surface area contributed by atoms with Crippen LogP contribution < -0.4 is 10.6 Å². The summed E-state index contributed by atoms with van der Waals surface area (Å²) < 4.78 is 0. The molecule has 20 heavy (non-hydrogen) atoms. The Kier molecular flexibility index (Phi) is 4.74. The molecule has 0 radical (unpaired) electrons. The Morgan fingerprint density at radius 3 is 2.80 bits per heavy atom. The van der Waals surface area contributed by atoms with Gasteiger partial charge in [0.15, 0.2) is 0 Å². The molecular weight excluding hydrogens is 256 g/mol. The quantitative estimate of drug-likeness (QED) is 0.740. The summed E-state index contributed by atoms with van der Waals surface area (Å²) in [7, 11) is 0. The molecule has 3 N–H and O–H groups in total. The second-order valence-electron chi connectivity index (χ2n) is 5.04. The summed E-state index contributed by atoms with van der Waals surface area (Å²) in [6, 6.07) is 7.28. The van der Waals surface area contributed by atoms with Crippen LogP contribution in [0.25, 0.3) is 0 Å². The molecule has 0 aliphatic heterocycles. The predicted molar refractivity (Wildman–Crippen MR) is 75.0 cm³/mol. The van der Waals surface area contributed by atoms with Crippen molar-refractivity contribution in [2.45, 2.75) is 38.3 Å². The van der Waals surface area contributed by atoms with Gasteiger partial charge in [-0.2, -0.15) is 0 Å². The minimum atomic E-state index is -0.609. The zero-order chi connectivity index (χ0) is 14.5. The number of carbonyl (C=O) groups excluding carboxylic acids is 2. The van der Waals surface area contributed by atoms with Gasteiger partial charge in [-0.3, -0.25) is 9.59 Å². The summed E-state index contributed by atoms with van der Waals surface area (Å²) in [6.45, 7) is 1.86. The van der Waals surface area contributed by atoms with Gasteiger partial charge in [-0.15, -0.1) is 0 Å². The lowest BCUT2D eigenvalue weighted by Crippen LogP contribution is -2.40. The van der Waals surface area contributed by atoms with Gasteiger partial charge in [-0.05, 0) is 17.5 Å². The number of hydrogen-bond acceptors (Lipinski definition) is 3. The maximum Gasteiger partial charge on any atom is 0.239 e. The molecule has 1 aromatic carbocycles. The Morgan fingerprint density at radius 1 is 1.30 bits per heavy atom. The maximum absolute atomic E-state index is 11.8. The second kappa shape index (κ2) is 6.52. The van der Waals surface area contributed by atoms with Crippen molar-refractivity contribution in [1.82, 2.24) is 10.6 Å². The van der Waals surface area contributed by atoms with Crippen LogP contribution in [0, 0.1) is 0 Å². The third-order valence-corrected chi connectivity index (χ3v) is 3.44. The van der Waals surface area contributed by atoms with Crippen LogP contribution in [0.4, 0.5) is 0 Å². The molecule has 0 heterocycles. The molecule has 0 bridgehead atoms. The molecule has 2 atom stereocenters. The molecule has 0 saturated carbocycles. The fraction of sp³-hybridized carbons (Fsp3) is 0.467. The van der Waals surface area contributed by atoms with Crippen LogP contribution in [0.5, 0.6) is 0 Å². The number of benzene rings is 1. The Morgan fingerprint density at radius 2 is 2.05 bits per heavy atom. The van der Waals surface area contributed by atoms with Gasteiger partial charge < -0.3 is 15.7 Å². The summed E-state index contributed by atoms with van der Waals surface area (Å²) in [6.07, 6.45) is 1.11. The monoisotopic (exact) mass is 276 g/mol. The van der Waals surface area contributed by atoms with Crippen molar-refractivity contribution in [3.8, 4) is 0 Å². The first-order valence-electron chi connectivity index (χ1n) is 6.93. The van der Waals surface area contributed by atoms with E-state index in [0.29, 0.717) is 12.8 Å². The van der Waals surface area contributed by atoms with E-state index in [1.807, 2.05) is 31.2 Å². The van der Waals surface area contributed by atoms with Gasteiger partial charge in [0.2, 0.25) is 11.8 Å². The molecule has 2 amide bonds. The van der Waals surface area contributed by atoms with E-state index in [0.717, 1.165) is 17.5 Å². The van der Waals surface area contributed by atoms with Crippen molar-refractivity contribution in [3.63, 3.8) is 0 Å². The van der Waals surface area contributed by atoms with Crippen LogP contribution in [0.1, 0.15) is 36.9 Å². The third kappa shape index (κ3) is 3.36. The lowest BCUT2D eigenvalue weighted by Gasteiger charge is -2.18. The minimum Gasteiger partial charge on any atom is -0.390 e. The average Bonchev–Trinajstić information content (AvgIpc) is 2.73. The topological polar surface area (TPSA) is 78.4 Å². The van der Waals surface area contributed by atoms with Gasteiger partial charge >= 0.3 is 0 Å². The number of nitrogens with one attached hydrogen (secondary N) is 2. The van der Waals surface area contributed by atoms with E-state index in [1.165, 1.54) is 0 Å². The number of hydrogen-bond donors (Lipinski definition) is 3. The molecule has 1 aliphatic carbocycles. The van der Waals surface area contributed by atoms with Crippen molar-refractivity contribution >= 4 is 11.8 Å². The van der Waals surface area contributed by atoms with E-state index >= 15 is 0 Å². The van der Waals surface area contributed by atoms with Crippen LogP contribution in [0.3, 0.4) is 0 Å². The Balaban J connectivity index is 1.90. The highest BCUT2D eigenvalue weighted by Gasteiger charge is 2.31. The molecule has 0 spiro atoms. The highest BCUT2D eigenvalue weighted by molar-refractivity contribution is 5.85. The van der Waals surface area contributed by atoms with E-state index in [4.69, 9.17) is 0 Å². The van der Waals surface area contributed by atoms with Crippen LogP contribution in [-0.2, 0) is 16.0 Å². The van der Waals surface area contributed by atoms with Gasteiger partial charge in [-0.1, -0.05) is 31.2 Å². The molecule has 1 aromatic rings. The Bertz CT molecular complexity index is 502. The first-order valence-corrected chi connectivity index (χ1v) is 6.93. The second-order valence-corrected chi connectivity index (χ2v) is 5.04. The molecular formula is C15H20N2O3. The van der Waals surface area contributed by atoms with Crippen molar-refractivity contribution in [2.24, 2.45) is 0 Å². The molecule has 5 heteroatoms. The van der Waals surface area contributed by atoms with Crippen molar-refractivity contribution < 1.29 is 14.7 Å². The fourth-order valence-corrected chi connectivity index (χ4v) is 2.47. The molecule has 2 rings (SSSR count). The number of rotatable bonds is 5. The van der Waals surface area contributed by atoms with Crippen LogP contribution in [0.2, 0.25) is 0 Å².